The van der Waals surface area contributed by atoms with Crippen LogP contribution in [0.15, 0.2) is 66.7 Å². The summed E-state index contributed by atoms with van der Waals surface area (Å²) in [5.74, 6) is -0.923. The highest BCUT2D eigenvalue weighted by atomic mass is 79.9. The molecule has 1 atom stereocenters. The monoisotopic (exact) mass is 354 g/mol. The van der Waals surface area contributed by atoms with Gasteiger partial charge in [-0.3, -0.25) is 0 Å². The minimum absolute atomic E-state index is 0.710. The van der Waals surface area contributed by atoms with Crippen molar-refractivity contribution >= 4 is 32.7 Å². The van der Waals surface area contributed by atoms with Gasteiger partial charge in [0, 0.05) is 0 Å². The topological polar surface area (TPSA) is 37.3 Å². The second kappa shape index (κ2) is 5.58. The predicted octanol–water partition coefficient (Wildman–Crippen LogP) is 4.87. The Morgan fingerprint density at radius 2 is 1.59 bits per heavy atom. The summed E-state index contributed by atoms with van der Waals surface area (Å²) in [7, 11) is 0. The fourth-order valence-corrected chi connectivity index (χ4v) is 3.31. The Bertz CT molecular complexity index is 834. The van der Waals surface area contributed by atoms with Gasteiger partial charge in [-0.1, -0.05) is 88.2 Å². The van der Waals surface area contributed by atoms with E-state index in [2.05, 4.69) is 15.9 Å². The largest absolute Gasteiger partial charge is 0.480 e. The molecule has 0 aliphatic heterocycles. The standard InChI is InChI=1S/C19H15BrO2/c1-13-9-11-15(12-10-13)19(20,18(21)22)17-8-4-6-14-5-2-3-7-16(14)17/h2-12H,1H3,(H,21,22). The average molecular weight is 355 g/mol. The van der Waals surface area contributed by atoms with Crippen LogP contribution in [0.1, 0.15) is 16.7 Å². The number of carbonyl (C=O) groups is 1. The third-order valence-electron chi connectivity index (χ3n) is 3.90. The van der Waals surface area contributed by atoms with Gasteiger partial charge in [-0.25, -0.2) is 4.79 Å². The minimum Gasteiger partial charge on any atom is -0.480 e. The second-order valence-corrected chi connectivity index (χ2v) is 6.55. The zero-order valence-corrected chi connectivity index (χ0v) is 13.7. The van der Waals surface area contributed by atoms with Crippen LogP contribution in [0.3, 0.4) is 0 Å². The molecule has 0 saturated heterocycles. The van der Waals surface area contributed by atoms with Crippen LogP contribution in [0.5, 0.6) is 0 Å². The summed E-state index contributed by atoms with van der Waals surface area (Å²) in [6, 6.07) is 21.2. The summed E-state index contributed by atoms with van der Waals surface area (Å²) < 4.78 is -1.26. The first-order valence-electron chi connectivity index (χ1n) is 7.01. The molecule has 0 spiro atoms. The molecule has 0 amide bonds. The van der Waals surface area contributed by atoms with Crippen LogP contribution in [-0.4, -0.2) is 11.1 Å². The number of aryl methyl sites for hydroxylation is 1. The zero-order valence-electron chi connectivity index (χ0n) is 12.1. The van der Waals surface area contributed by atoms with E-state index in [-0.39, 0.29) is 0 Å². The molecule has 0 aliphatic carbocycles. The molecule has 0 radical (unpaired) electrons. The Kier molecular flexibility index (Phi) is 3.75. The molecule has 0 bridgehead atoms. The van der Waals surface area contributed by atoms with Gasteiger partial charge >= 0.3 is 5.97 Å². The number of aliphatic carboxylic acids is 1. The lowest BCUT2D eigenvalue weighted by atomic mass is 9.87. The molecule has 1 unspecified atom stereocenters. The summed E-state index contributed by atoms with van der Waals surface area (Å²) in [5, 5.41) is 11.9. The van der Waals surface area contributed by atoms with Gasteiger partial charge in [-0.2, -0.15) is 0 Å². The summed E-state index contributed by atoms with van der Waals surface area (Å²) >= 11 is 3.51. The van der Waals surface area contributed by atoms with E-state index in [0.717, 1.165) is 21.9 Å². The summed E-state index contributed by atoms with van der Waals surface area (Å²) in [5.41, 5.74) is 2.55. The lowest BCUT2D eigenvalue weighted by molar-refractivity contribution is -0.138. The molecule has 0 fully saturated rings. The number of carboxylic acid groups (broad SMARTS) is 1. The van der Waals surface area contributed by atoms with E-state index in [9.17, 15) is 9.90 Å². The molecule has 0 aromatic heterocycles. The van der Waals surface area contributed by atoms with Gasteiger partial charge in [0.05, 0.1) is 0 Å². The van der Waals surface area contributed by atoms with E-state index < -0.39 is 10.3 Å². The Labute approximate surface area is 137 Å². The molecule has 0 aliphatic rings. The maximum atomic E-state index is 12.1. The number of hydrogen-bond donors (Lipinski definition) is 1. The lowest BCUT2D eigenvalue weighted by Gasteiger charge is -2.25. The predicted molar refractivity (Wildman–Crippen MR) is 92.5 cm³/mol. The highest BCUT2D eigenvalue weighted by Gasteiger charge is 2.40. The van der Waals surface area contributed by atoms with E-state index >= 15 is 0 Å². The molecular formula is C19H15BrO2. The van der Waals surface area contributed by atoms with E-state index in [1.807, 2.05) is 73.7 Å². The van der Waals surface area contributed by atoms with E-state index in [1.54, 1.807) is 0 Å². The summed E-state index contributed by atoms with van der Waals surface area (Å²) in [4.78, 5) is 12.1. The third kappa shape index (κ3) is 2.32. The number of benzene rings is 3. The quantitative estimate of drug-likeness (QED) is 0.681. The van der Waals surface area contributed by atoms with Crippen LogP contribution in [0.2, 0.25) is 0 Å². The van der Waals surface area contributed by atoms with Crippen molar-refractivity contribution in [3.8, 4) is 0 Å². The van der Waals surface area contributed by atoms with E-state index in [1.165, 1.54) is 0 Å². The van der Waals surface area contributed by atoms with Crippen molar-refractivity contribution in [2.75, 3.05) is 0 Å². The van der Waals surface area contributed by atoms with Crippen molar-refractivity contribution in [1.82, 2.24) is 0 Å². The van der Waals surface area contributed by atoms with E-state index in [4.69, 9.17) is 0 Å². The fraction of sp³-hybridized carbons (Fsp3) is 0.105. The highest BCUT2D eigenvalue weighted by Crippen LogP contribution is 2.42. The van der Waals surface area contributed by atoms with Crippen LogP contribution in [0, 0.1) is 6.92 Å². The number of carboxylic acids is 1. The number of alkyl halides is 1. The summed E-state index contributed by atoms with van der Waals surface area (Å²) in [6.45, 7) is 1.98. The molecule has 3 heteroatoms. The Hall–Kier alpha value is -2.13. The van der Waals surface area contributed by atoms with Crippen molar-refractivity contribution < 1.29 is 9.90 Å². The number of rotatable bonds is 3. The first-order valence-corrected chi connectivity index (χ1v) is 7.80. The fourth-order valence-electron chi connectivity index (χ4n) is 2.70. The van der Waals surface area contributed by atoms with Gasteiger partial charge in [0.15, 0.2) is 4.32 Å². The lowest BCUT2D eigenvalue weighted by Crippen LogP contribution is -2.30. The molecule has 0 saturated carbocycles. The molecule has 3 aromatic carbocycles. The van der Waals surface area contributed by atoms with Gasteiger partial charge < -0.3 is 5.11 Å². The Morgan fingerprint density at radius 1 is 0.955 bits per heavy atom. The van der Waals surface area contributed by atoms with Crippen LogP contribution in [-0.2, 0) is 9.12 Å². The zero-order chi connectivity index (χ0) is 15.7. The highest BCUT2D eigenvalue weighted by molar-refractivity contribution is 9.10. The minimum atomic E-state index is -1.26. The average Bonchev–Trinajstić information content (AvgIpc) is 2.54. The van der Waals surface area contributed by atoms with Crippen molar-refractivity contribution in [3.63, 3.8) is 0 Å². The van der Waals surface area contributed by atoms with Gasteiger partial charge in [0.1, 0.15) is 0 Å². The van der Waals surface area contributed by atoms with Crippen molar-refractivity contribution in [1.29, 1.82) is 0 Å². The molecule has 2 nitrogen and oxygen atoms in total. The normalized spacial score (nSPS) is 13.7. The van der Waals surface area contributed by atoms with E-state index in [0.29, 0.717) is 5.56 Å². The smallest absolute Gasteiger partial charge is 0.329 e. The van der Waals surface area contributed by atoms with Gasteiger partial charge in [-0.05, 0) is 28.8 Å². The van der Waals surface area contributed by atoms with Gasteiger partial charge in [-0.15, -0.1) is 0 Å². The van der Waals surface area contributed by atoms with Crippen LogP contribution >= 0.6 is 15.9 Å². The molecule has 1 N–H and O–H groups in total. The second-order valence-electron chi connectivity index (χ2n) is 5.36. The van der Waals surface area contributed by atoms with Gasteiger partial charge in [0.25, 0.3) is 0 Å². The Balaban J connectivity index is 2.31. The molecule has 3 aromatic rings. The first kappa shape index (κ1) is 14.8. The molecule has 3 rings (SSSR count). The van der Waals surface area contributed by atoms with Crippen molar-refractivity contribution in [2.24, 2.45) is 0 Å². The first-order chi connectivity index (χ1) is 10.5. The van der Waals surface area contributed by atoms with Crippen LogP contribution in [0.4, 0.5) is 0 Å². The van der Waals surface area contributed by atoms with Crippen LogP contribution in [0.25, 0.3) is 10.8 Å². The Morgan fingerprint density at radius 3 is 2.27 bits per heavy atom. The molecular weight excluding hydrogens is 340 g/mol. The van der Waals surface area contributed by atoms with Crippen LogP contribution < -0.4 is 0 Å². The number of hydrogen-bond acceptors (Lipinski definition) is 1. The third-order valence-corrected chi connectivity index (χ3v) is 5.13. The van der Waals surface area contributed by atoms with Gasteiger partial charge in [0.2, 0.25) is 0 Å². The maximum Gasteiger partial charge on any atom is 0.329 e. The summed E-state index contributed by atoms with van der Waals surface area (Å²) in [6.07, 6.45) is 0. The molecule has 110 valence electrons. The SMILES string of the molecule is Cc1ccc(C(Br)(C(=O)O)c2cccc3ccccc23)cc1. The van der Waals surface area contributed by atoms with Crippen molar-refractivity contribution in [2.45, 2.75) is 11.2 Å². The number of halogens is 1. The van der Waals surface area contributed by atoms with Crippen molar-refractivity contribution in [3.05, 3.63) is 83.4 Å². The maximum absolute atomic E-state index is 12.1. The molecule has 0 heterocycles. The number of fused-ring (bicyclic) bond motifs is 1. The molecule has 22 heavy (non-hydrogen) atoms.